The van der Waals surface area contributed by atoms with Crippen molar-refractivity contribution in [3.63, 3.8) is 0 Å². The van der Waals surface area contributed by atoms with E-state index in [1.807, 2.05) is 26.0 Å². The first-order chi connectivity index (χ1) is 8.55. The van der Waals surface area contributed by atoms with E-state index in [1.165, 1.54) is 0 Å². The Morgan fingerprint density at radius 3 is 2.79 bits per heavy atom. The molecular weight excluding hydrogens is 284 g/mol. The lowest BCUT2D eigenvalue weighted by atomic mass is 10.2. The van der Waals surface area contributed by atoms with Crippen molar-refractivity contribution in [3.05, 3.63) is 29.8 Å². The highest BCUT2D eigenvalue weighted by Crippen LogP contribution is 2.20. The number of rotatable bonds is 3. The predicted octanol–water partition coefficient (Wildman–Crippen LogP) is 1.65. The Labute approximate surface area is 121 Å². The van der Waals surface area contributed by atoms with Crippen LogP contribution in [0.25, 0.3) is 0 Å². The van der Waals surface area contributed by atoms with Crippen LogP contribution in [0.3, 0.4) is 0 Å². The van der Waals surface area contributed by atoms with E-state index in [2.05, 4.69) is 5.32 Å². The fourth-order valence-corrected chi connectivity index (χ4v) is 3.94. The summed E-state index contributed by atoms with van der Waals surface area (Å²) in [7, 11) is -3.35. The molecule has 0 aromatic heterocycles. The van der Waals surface area contributed by atoms with Crippen molar-refractivity contribution in [2.24, 2.45) is 0 Å². The fourth-order valence-electron chi connectivity index (χ4n) is 2.24. The standard InChI is InChI=1S/C13H20N2O2S.ClH/c1-3-12-5-4-6-13(9-12)18(16,17)15-8-7-14-10-11(15)2;/h4-6,9,11,14H,3,7-8,10H2,1-2H3;1H. The van der Waals surface area contributed by atoms with Crippen molar-refractivity contribution < 1.29 is 8.42 Å². The molecule has 0 bridgehead atoms. The van der Waals surface area contributed by atoms with Crippen LogP contribution in [-0.4, -0.2) is 38.4 Å². The van der Waals surface area contributed by atoms with Crippen LogP contribution in [0.15, 0.2) is 29.2 Å². The van der Waals surface area contributed by atoms with Gasteiger partial charge in [-0.3, -0.25) is 0 Å². The van der Waals surface area contributed by atoms with Gasteiger partial charge in [-0.15, -0.1) is 12.4 Å². The van der Waals surface area contributed by atoms with E-state index in [0.717, 1.165) is 18.5 Å². The van der Waals surface area contributed by atoms with Gasteiger partial charge in [-0.2, -0.15) is 4.31 Å². The molecular formula is C13H21ClN2O2S. The normalized spacial score (nSPS) is 20.8. The van der Waals surface area contributed by atoms with Gasteiger partial charge in [-0.1, -0.05) is 19.1 Å². The van der Waals surface area contributed by atoms with Crippen molar-refractivity contribution in [2.45, 2.75) is 31.2 Å². The topological polar surface area (TPSA) is 49.4 Å². The minimum atomic E-state index is -3.35. The third-order valence-corrected chi connectivity index (χ3v) is 5.36. The lowest BCUT2D eigenvalue weighted by Gasteiger charge is -2.32. The maximum absolute atomic E-state index is 12.6. The molecule has 1 saturated heterocycles. The molecule has 0 amide bonds. The van der Waals surface area contributed by atoms with Crippen molar-refractivity contribution in [1.29, 1.82) is 0 Å². The van der Waals surface area contributed by atoms with Crippen molar-refractivity contribution in [3.8, 4) is 0 Å². The Morgan fingerprint density at radius 1 is 1.42 bits per heavy atom. The Kier molecular flexibility index (Phi) is 5.80. The third-order valence-electron chi connectivity index (χ3n) is 3.35. The van der Waals surface area contributed by atoms with E-state index in [1.54, 1.807) is 16.4 Å². The molecule has 1 aromatic carbocycles. The highest BCUT2D eigenvalue weighted by Gasteiger charge is 2.30. The van der Waals surface area contributed by atoms with Crippen LogP contribution in [0.1, 0.15) is 19.4 Å². The van der Waals surface area contributed by atoms with Gasteiger partial charge >= 0.3 is 0 Å². The molecule has 1 N–H and O–H groups in total. The van der Waals surface area contributed by atoms with Crippen LogP contribution in [-0.2, 0) is 16.4 Å². The van der Waals surface area contributed by atoms with Gasteiger partial charge in [0.15, 0.2) is 0 Å². The van der Waals surface area contributed by atoms with Crippen molar-refractivity contribution in [1.82, 2.24) is 9.62 Å². The third kappa shape index (κ3) is 3.48. The van der Waals surface area contributed by atoms with E-state index in [9.17, 15) is 8.42 Å². The van der Waals surface area contributed by atoms with Gasteiger partial charge in [-0.25, -0.2) is 8.42 Å². The summed E-state index contributed by atoms with van der Waals surface area (Å²) < 4.78 is 26.7. The summed E-state index contributed by atoms with van der Waals surface area (Å²) in [5.41, 5.74) is 1.05. The van der Waals surface area contributed by atoms with Gasteiger partial charge in [0.25, 0.3) is 0 Å². The molecule has 1 aliphatic heterocycles. The molecule has 6 heteroatoms. The summed E-state index contributed by atoms with van der Waals surface area (Å²) in [5.74, 6) is 0. The maximum atomic E-state index is 12.6. The number of hydrogen-bond donors (Lipinski definition) is 1. The van der Waals surface area contributed by atoms with Crippen LogP contribution >= 0.6 is 12.4 Å². The molecule has 4 nitrogen and oxygen atoms in total. The molecule has 2 rings (SSSR count). The minimum Gasteiger partial charge on any atom is -0.314 e. The number of hydrogen-bond acceptors (Lipinski definition) is 3. The zero-order chi connectivity index (χ0) is 13.2. The van der Waals surface area contributed by atoms with Crippen LogP contribution in [0.2, 0.25) is 0 Å². The molecule has 0 saturated carbocycles. The first-order valence-corrected chi connectivity index (χ1v) is 7.81. The molecule has 1 aromatic rings. The van der Waals surface area contributed by atoms with Gasteiger partial charge in [0.05, 0.1) is 4.90 Å². The first-order valence-electron chi connectivity index (χ1n) is 6.37. The number of aryl methyl sites for hydroxylation is 1. The molecule has 1 heterocycles. The lowest BCUT2D eigenvalue weighted by molar-refractivity contribution is 0.284. The molecule has 0 radical (unpaired) electrons. The number of nitrogens with one attached hydrogen (secondary N) is 1. The summed E-state index contributed by atoms with van der Waals surface area (Å²) in [6.45, 7) is 5.94. The number of piperazine rings is 1. The van der Waals surface area contributed by atoms with Gasteiger partial charge < -0.3 is 5.32 Å². The fraction of sp³-hybridized carbons (Fsp3) is 0.538. The van der Waals surface area contributed by atoms with E-state index in [4.69, 9.17) is 0 Å². The molecule has 0 spiro atoms. The SMILES string of the molecule is CCc1cccc(S(=O)(=O)N2CCNCC2C)c1.Cl. The zero-order valence-corrected chi connectivity index (χ0v) is 12.9. The second kappa shape index (κ2) is 6.70. The second-order valence-corrected chi connectivity index (χ2v) is 6.56. The van der Waals surface area contributed by atoms with Crippen molar-refractivity contribution >= 4 is 22.4 Å². The molecule has 0 aliphatic carbocycles. The average molecular weight is 305 g/mol. The second-order valence-electron chi connectivity index (χ2n) is 4.67. The van der Waals surface area contributed by atoms with Crippen LogP contribution in [0.5, 0.6) is 0 Å². The Balaban J connectivity index is 0.00000180. The maximum Gasteiger partial charge on any atom is 0.243 e. The summed E-state index contributed by atoms with van der Waals surface area (Å²) in [6.07, 6.45) is 0.848. The summed E-state index contributed by atoms with van der Waals surface area (Å²) in [4.78, 5) is 0.413. The highest BCUT2D eigenvalue weighted by atomic mass is 35.5. The van der Waals surface area contributed by atoms with Gasteiger partial charge in [0.1, 0.15) is 0 Å². The molecule has 1 unspecified atom stereocenters. The van der Waals surface area contributed by atoms with Crippen molar-refractivity contribution in [2.75, 3.05) is 19.6 Å². The molecule has 1 aliphatic rings. The molecule has 1 atom stereocenters. The Bertz CT molecular complexity index is 519. The summed E-state index contributed by atoms with van der Waals surface area (Å²) in [5, 5.41) is 3.20. The Hall–Kier alpha value is -0.620. The largest absolute Gasteiger partial charge is 0.314 e. The quantitative estimate of drug-likeness (QED) is 0.924. The minimum absolute atomic E-state index is 0. The average Bonchev–Trinajstić information content (AvgIpc) is 2.39. The smallest absolute Gasteiger partial charge is 0.243 e. The van der Waals surface area contributed by atoms with Gasteiger partial charge in [0, 0.05) is 25.7 Å². The van der Waals surface area contributed by atoms with Crippen LogP contribution in [0.4, 0.5) is 0 Å². The van der Waals surface area contributed by atoms with E-state index in [-0.39, 0.29) is 18.4 Å². The van der Waals surface area contributed by atoms with E-state index in [0.29, 0.717) is 18.0 Å². The molecule has 1 fully saturated rings. The number of benzene rings is 1. The predicted molar refractivity (Wildman–Crippen MR) is 79.3 cm³/mol. The molecule has 19 heavy (non-hydrogen) atoms. The first kappa shape index (κ1) is 16.4. The van der Waals surface area contributed by atoms with Gasteiger partial charge in [0.2, 0.25) is 10.0 Å². The van der Waals surface area contributed by atoms with E-state index < -0.39 is 10.0 Å². The lowest BCUT2D eigenvalue weighted by Crippen LogP contribution is -2.52. The monoisotopic (exact) mass is 304 g/mol. The zero-order valence-electron chi connectivity index (χ0n) is 11.3. The number of sulfonamides is 1. The highest BCUT2D eigenvalue weighted by molar-refractivity contribution is 7.89. The number of halogens is 1. The summed E-state index contributed by atoms with van der Waals surface area (Å²) in [6, 6.07) is 7.25. The number of nitrogens with zero attached hydrogens (tertiary/aromatic N) is 1. The van der Waals surface area contributed by atoms with E-state index >= 15 is 0 Å². The Morgan fingerprint density at radius 2 is 2.16 bits per heavy atom. The molecule has 108 valence electrons. The van der Waals surface area contributed by atoms with Crippen LogP contribution < -0.4 is 5.32 Å². The van der Waals surface area contributed by atoms with Gasteiger partial charge in [-0.05, 0) is 31.0 Å². The van der Waals surface area contributed by atoms with Crippen LogP contribution in [0, 0.1) is 0 Å². The summed E-state index contributed by atoms with van der Waals surface area (Å²) >= 11 is 0.